The molecule has 0 amide bonds. The van der Waals surface area contributed by atoms with Crippen LogP contribution in [0.2, 0.25) is 0 Å². The Bertz CT molecular complexity index is 2650. The van der Waals surface area contributed by atoms with Gasteiger partial charge in [-0.15, -0.1) is 0 Å². The van der Waals surface area contributed by atoms with Crippen LogP contribution in [0.5, 0.6) is 69.0 Å². The fraction of sp³-hybridized carbons (Fsp3) is 0.300. The molecule has 0 unspecified atom stereocenters. The van der Waals surface area contributed by atoms with Crippen molar-refractivity contribution >= 4 is 35.8 Å². The molecule has 0 radical (unpaired) electrons. The van der Waals surface area contributed by atoms with E-state index in [1.807, 2.05) is 0 Å². The second-order valence-electron chi connectivity index (χ2n) is 18.7. The fourth-order valence-electron chi connectivity index (χ4n) is 7.06. The maximum Gasteiger partial charge on any atom is 0.122 e. The van der Waals surface area contributed by atoms with Crippen LogP contribution in [0.3, 0.4) is 0 Å². The van der Waals surface area contributed by atoms with Crippen molar-refractivity contribution < 1.29 is 142 Å². The second kappa shape index (κ2) is 46.3. The third-order valence-corrected chi connectivity index (χ3v) is 11.5. The summed E-state index contributed by atoms with van der Waals surface area (Å²) in [6, 6.07) is 25.8. The standard InChI is InChI=1S/6C10H13NO4.Mo/c6*12-8-2-1-7(9(13)5-8)3-4-11-6-10(14)15;/h6*1-2,5,11-13H,3-4,6H2,(H,14,15);/p-6. The summed E-state index contributed by atoms with van der Waals surface area (Å²) >= 11 is 0. The number of carboxylic acids is 6. The number of nitrogens with one attached hydrogen (secondary N) is 6. The van der Waals surface area contributed by atoms with Crippen molar-refractivity contribution in [2.45, 2.75) is 38.5 Å². The van der Waals surface area contributed by atoms with Crippen molar-refractivity contribution in [2.24, 2.45) is 0 Å². The number of aliphatic carboxylic acids is 6. The molecule has 6 aromatic carbocycles. The van der Waals surface area contributed by atoms with Gasteiger partial charge in [-0.3, -0.25) is 0 Å². The zero-order valence-corrected chi connectivity index (χ0v) is 50.8. The third kappa shape index (κ3) is 40.4. The van der Waals surface area contributed by atoms with Gasteiger partial charge in [0.1, 0.15) is 69.0 Å². The first kappa shape index (κ1) is 81.2. The average molecular weight is 1360 g/mol. The Labute approximate surface area is 535 Å². The molecule has 0 heterocycles. The van der Waals surface area contributed by atoms with Gasteiger partial charge in [0.2, 0.25) is 0 Å². The molecule has 0 aliphatic heterocycles. The summed E-state index contributed by atoms with van der Waals surface area (Å²) in [5, 5.41) is 187. The predicted molar refractivity (Wildman–Crippen MR) is 308 cm³/mol. The van der Waals surface area contributed by atoms with E-state index in [1.165, 1.54) is 72.8 Å². The molecule has 0 spiro atoms. The van der Waals surface area contributed by atoms with Gasteiger partial charge >= 0.3 is 0 Å². The normalized spacial score (nSPS) is 10.0. The van der Waals surface area contributed by atoms with E-state index in [-0.39, 0.29) is 129 Å². The Kier molecular flexibility index (Phi) is 41.3. The number of rotatable bonds is 30. The van der Waals surface area contributed by atoms with Gasteiger partial charge in [0.05, 0.1) is 35.8 Å². The van der Waals surface area contributed by atoms with Gasteiger partial charge in [-0.1, -0.05) is 36.4 Å². The first-order valence-corrected chi connectivity index (χ1v) is 27.0. The topological polar surface area (TPSA) is 556 Å². The summed E-state index contributed by atoms with van der Waals surface area (Å²) in [4.78, 5) is 60.4. The van der Waals surface area contributed by atoms with E-state index in [0.29, 0.717) is 111 Å². The van der Waals surface area contributed by atoms with Crippen molar-refractivity contribution in [3.05, 3.63) is 143 Å². The van der Waals surface area contributed by atoms with E-state index >= 15 is 0 Å². The largest absolute Gasteiger partial charge is 0.549 e. The molecule has 0 saturated heterocycles. The molecule has 91 heavy (non-hydrogen) atoms. The van der Waals surface area contributed by atoms with E-state index in [1.54, 1.807) is 36.4 Å². The van der Waals surface area contributed by atoms with Gasteiger partial charge in [0, 0.05) is 96.7 Å². The van der Waals surface area contributed by atoms with Crippen molar-refractivity contribution in [3.8, 4) is 69.0 Å². The van der Waals surface area contributed by atoms with Crippen LogP contribution in [-0.4, -0.2) is 176 Å². The zero-order chi connectivity index (χ0) is 67.6. The monoisotopic (exact) mass is 1360 g/mol. The Balaban J connectivity index is 0.00000107. The number of benzene rings is 6. The predicted octanol–water partition coefficient (Wildman–Crippen LogP) is -6.12. The van der Waals surface area contributed by atoms with Crippen molar-refractivity contribution in [1.29, 1.82) is 0 Å². The SMILES string of the molecule is O=C([O-])CNCCc1ccc(O)cc1O.O=C([O-])CNCCc1ccc(O)cc1O.O=C([O-])CNCCc1ccc(O)cc1O.O=C([O-])CNCCc1ccc(O)cc1O.O=C([O-])CNCCc1ccc(O)cc1O.O=C([O-])CNCCc1ccc(O)cc1O.[Mo]. The molecule has 18 N–H and O–H groups in total. The molecule has 0 bridgehead atoms. The molecule has 0 aliphatic rings. The maximum atomic E-state index is 10.1. The van der Waals surface area contributed by atoms with E-state index < -0.39 is 35.8 Å². The number of carbonyl (C=O) groups is 6. The van der Waals surface area contributed by atoms with Gasteiger partial charge in [-0.2, -0.15) is 0 Å². The Hall–Kier alpha value is -9.81. The molecule has 0 fully saturated rings. The number of carbonyl (C=O) groups excluding carboxylic acids is 6. The molecule has 6 rings (SSSR count). The Morgan fingerprint density at radius 3 is 0.462 bits per heavy atom. The van der Waals surface area contributed by atoms with Gasteiger partial charge in [-0.25, -0.2) is 0 Å². The molecule has 30 nitrogen and oxygen atoms in total. The van der Waals surface area contributed by atoms with Crippen molar-refractivity contribution in [3.63, 3.8) is 0 Å². The molecule has 0 aromatic heterocycles. The quantitative estimate of drug-likeness (QED) is 0.0147. The second-order valence-corrected chi connectivity index (χ2v) is 18.7. The van der Waals surface area contributed by atoms with E-state index in [4.69, 9.17) is 30.6 Å². The minimum absolute atomic E-state index is 0. The summed E-state index contributed by atoms with van der Waals surface area (Å²) in [5.74, 6) is -6.95. The number of phenolic OH excluding ortho intramolecular Hbond substituents is 12. The minimum Gasteiger partial charge on any atom is -0.549 e. The number of hydrogen-bond donors (Lipinski definition) is 18. The van der Waals surface area contributed by atoms with Crippen LogP contribution in [0.1, 0.15) is 33.4 Å². The molecule has 0 saturated carbocycles. The van der Waals surface area contributed by atoms with Crippen LogP contribution in [0.4, 0.5) is 0 Å². The van der Waals surface area contributed by atoms with Gasteiger partial charge in [0.15, 0.2) is 0 Å². The smallest absolute Gasteiger partial charge is 0.122 e. The molecular formula is C60H72MoN6O24-6. The van der Waals surface area contributed by atoms with Crippen LogP contribution >= 0.6 is 0 Å². The van der Waals surface area contributed by atoms with Crippen LogP contribution in [0.15, 0.2) is 109 Å². The van der Waals surface area contributed by atoms with Crippen LogP contribution in [-0.2, 0) is 88.4 Å². The Morgan fingerprint density at radius 1 is 0.242 bits per heavy atom. The van der Waals surface area contributed by atoms with E-state index in [0.717, 1.165) is 0 Å². The van der Waals surface area contributed by atoms with E-state index in [9.17, 15) is 90.0 Å². The first-order valence-electron chi connectivity index (χ1n) is 27.0. The maximum absolute atomic E-state index is 10.1. The summed E-state index contributed by atoms with van der Waals surface area (Å²) < 4.78 is 0. The van der Waals surface area contributed by atoms with Crippen molar-refractivity contribution in [1.82, 2.24) is 31.9 Å². The van der Waals surface area contributed by atoms with Gasteiger partial charge in [-0.05, 0) is 148 Å². The van der Waals surface area contributed by atoms with E-state index in [2.05, 4.69) is 31.9 Å². The molecular weight excluding hydrogens is 1280 g/mol. The van der Waals surface area contributed by atoms with Gasteiger partial charge < -0.3 is 153 Å². The first-order chi connectivity index (χ1) is 42.6. The average Bonchev–Trinajstić information content (AvgIpc) is 2.41. The van der Waals surface area contributed by atoms with Crippen LogP contribution in [0.25, 0.3) is 0 Å². The Morgan fingerprint density at radius 2 is 0.363 bits per heavy atom. The fourth-order valence-corrected chi connectivity index (χ4v) is 7.06. The summed E-state index contributed by atoms with van der Waals surface area (Å²) in [6.45, 7) is 1.28. The summed E-state index contributed by atoms with van der Waals surface area (Å²) in [6.07, 6.45) is 2.91. The number of phenols is 12. The molecule has 0 aliphatic carbocycles. The molecule has 31 heteroatoms. The molecule has 0 atom stereocenters. The molecule has 6 aromatic rings. The third-order valence-electron chi connectivity index (χ3n) is 11.5. The number of carboxylic acid groups (broad SMARTS) is 6. The zero-order valence-electron chi connectivity index (χ0n) is 48.8. The van der Waals surface area contributed by atoms with Crippen molar-refractivity contribution in [2.75, 3.05) is 78.5 Å². The number of aromatic hydroxyl groups is 12. The van der Waals surface area contributed by atoms with Crippen LogP contribution in [0, 0.1) is 0 Å². The number of hydrogen-bond acceptors (Lipinski definition) is 30. The summed E-state index contributed by atoms with van der Waals surface area (Å²) in [7, 11) is 0. The minimum atomic E-state index is -1.16. The summed E-state index contributed by atoms with van der Waals surface area (Å²) in [5.41, 5.74) is 3.91. The van der Waals surface area contributed by atoms with Crippen LogP contribution < -0.4 is 62.5 Å². The molecule has 498 valence electrons. The van der Waals surface area contributed by atoms with Gasteiger partial charge in [0.25, 0.3) is 0 Å².